The topological polar surface area (TPSA) is 62.7 Å². The number of nitrogens with zero attached hydrogens (tertiary/aromatic N) is 3. The summed E-state index contributed by atoms with van der Waals surface area (Å²) in [6, 6.07) is 0. The minimum absolute atomic E-state index is 0.0707. The number of nitrogens with one attached hydrogen (secondary N) is 2. The monoisotopic (exact) mass is 207 g/mol. The molecule has 5 heteroatoms. The summed E-state index contributed by atoms with van der Waals surface area (Å²) in [7, 11) is 0. The number of anilines is 2. The summed E-state index contributed by atoms with van der Waals surface area (Å²) in [6.07, 6.45) is 3.34. The standard InChI is InChI=1S/C10H17N5/c1-5-6-11-8-7-12-15-9(13-8)14-10(2,3)4/h5,7H,1,6H2,2-4H3,(H2,11,13,14,15). The Morgan fingerprint density at radius 1 is 1.47 bits per heavy atom. The van der Waals surface area contributed by atoms with E-state index in [0.29, 0.717) is 18.3 Å². The Morgan fingerprint density at radius 3 is 2.80 bits per heavy atom. The Bertz CT molecular complexity index is 329. The minimum Gasteiger partial charge on any atom is -0.365 e. The molecule has 1 rings (SSSR count). The molecule has 0 atom stereocenters. The molecule has 0 aliphatic heterocycles. The van der Waals surface area contributed by atoms with Crippen LogP contribution in [0.1, 0.15) is 20.8 Å². The Balaban J connectivity index is 2.69. The van der Waals surface area contributed by atoms with Gasteiger partial charge in [-0.1, -0.05) is 6.08 Å². The number of hydrogen-bond acceptors (Lipinski definition) is 5. The molecule has 1 heterocycles. The maximum Gasteiger partial charge on any atom is 0.245 e. The molecule has 82 valence electrons. The van der Waals surface area contributed by atoms with Crippen LogP contribution in [0, 0.1) is 0 Å². The largest absolute Gasteiger partial charge is 0.365 e. The van der Waals surface area contributed by atoms with Gasteiger partial charge in [-0.05, 0) is 20.8 Å². The molecule has 0 saturated heterocycles. The van der Waals surface area contributed by atoms with Crippen molar-refractivity contribution in [3.05, 3.63) is 18.9 Å². The first-order chi connectivity index (χ1) is 7.01. The molecule has 0 aliphatic rings. The fourth-order valence-electron chi connectivity index (χ4n) is 0.954. The molecule has 0 aromatic carbocycles. The Hall–Kier alpha value is -1.65. The van der Waals surface area contributed by atoms with Crippen molar-refractivity contribution in [2.24, 2.45) is 0 Å². The van der Waals surface area contributed by atoms with E-state index in [0.717, 1.165) is 0 Å². The maximum absolute atomic E-state index is 4.25. The SMILES string of the molecule is C=CCNc1cnnc(NC(C)(C)C)n1. The van der Waals surface area contributed by atoms with Gasteiger partial charge in [0.1, 0.15) is 0 Å². The molecule has 1 aromatic rings. The van der Waals surface area contributed by atoms with Crippen molar-refractivity contribution in [1.82, 2.24) is 15.2 Å². The molecule has 0 spiro atoms. The third-order valence-corrected chi connectivity index (χ3v) is 1.47. The van der Waals surface area contributed by atoms with E-state index in [2.05, 4.69) is 32.4 Å². The zero-order chi connectivity index (χ0) is 11.3. The van der Waals surface area contributed by atoms with Crippen LogP contribution in [-0.2, 0) is 0 Å². The van der Waals surface area contributed by atoms with Crippen LogP contribution in [0.25, 0.3) is 0 Å². The van der Waals surface area contributed by atoms with Crippen molar-refractivity contribution in [3.8, 4) is 0 Å². The van der Waals surface area contributed by atoms with E-state index in [1.807, 2.05) is 20.8 Å². The van der Waals surface area contributed by atoms with E-state index in [4.69, 9.17) is 0 Å². The molecule has 5 nitrogen and oxygen atoms in total. The first kappa shape index (κ1) is 11.4. The van der Waals surface area contributed by atoms with Crippen LogP contribution >= 0.6 is 0 Å². The third-order valence-electron chi connectivity index (χ3n) is 1.47. The van der Waals surface area contributed by atoms with Crippen LogP contribution in [0.4, 0.5) is 11.8 Å². The summed E-state index contributed by atoms with van der Waals surface area (Å²) in [5.41, 5.74) is -0.0707. The van der Waals surface area contributed by atoms with E-state index in [1.54, 1.807) is 12.3 Å². The fraction of sp³-hybridized carbons (Fsp3) is 0.500. The van der Waals surface area contributed by atoms with E-state index in [-0.39, 0.29) is 5.54 Å². The normalized spacial score (nSPS) is 10.9. The second kappa shape index (κ2) is 4.72. The first-order valence-corrected chi connectivity index (χ1v) is 4.84. The van der Waals surface area contributed by atoms with Gasteiger partial charge in [0.25, 0.3) is 0 Å². The quantitative estimate of drug-likeness (QED) is 0.735. The van der Waals surface area contributed by atoms with Crippen LogP contribution in [-0.4, -0.2) is 27.3 Å². The zero-order valence-corrected chi connectivity index (χ0v) is 9.41. The number of aromatic nitrogens is 3. The summed E-state index contributed by atoms with van der Waals surface area (Å²) in [6.45, 7) is 10.4. The average Bonchev–Trinajstić information content (AvgIpc) is 2.12. The van der Waals surface area contributed by atoms with E-state index in [1.165, 1.54) is 0 Å². The fourth-order valence-corrected chi connectivity index (χ4v) is 0.954. The van der Waals surface area contributed by atoms with Crippen LogP contribution < -0.4 is 10.6 Å². The highest BCUT2D eigenvalue weighted by Gasteiger charge is 2.11. The lowest BCUT2D eigenvalue weighted by Crippen LogP contribution is -2.27. The highest BCUT2D eigenvalue weighted by molar-refractivity contribution is 5.38. The molecule has 0 bridgehead atoms. The van der Waals surface area contributed by atoms with Gasteiger partial charge < -0.3 is 10.6 Å². The van der Waals surface area contributed by atoms with Crippen molar-refractivity contribution in [2.45, 2.75) is 26.3 Å². The lowest BCUT2D eigenvalue weighted by atomic mass is 10.1. The number of rotatable bonds is 4. The molecule has 0 unspecified atom stereocenters. The Kier molecular flexibility index (Phi) is 3.60. The molecule has 1 aromatic heterocycles. The predicted octanol–water partition coefficient (Wildman–Crippen LogP) is 1.68. The lowest BCUT2D eigenvalue weighted by Gasteiger charge is -2.20. The van der Waals surface area contributed by atoms with Gasteiger partial charge in [0.15, 0.2) is 5.82 Å². The molecule has 0 saturated carbocycles. The molecule has 15 heavy (non-hydrogen) atoms. The van der Waals surface area contributed by atoms with Crippen molar-refractivity contribution >= 4 is 11.8 Å². The van der Waals surface area contributed by atoms with Gasteiger partial charge in [0, 0.05) is 12.1 Å². The molecule has 0 aliphatic carbocycles. The minimum atomic E-state index is -0.0707. The van der Waals surface area contributed by atoms with E-state index < -0.39 is 0 Å². The second-order valence-corrected chi connectivity index (χ2v) is 4.21. The number of hydrogen-bond donors (Lipinski definition) is 2. The maximum atomic E-state index is 4.25. The second-order valence-electron chi connectivity index (χ2n) is 4.21. The van der Waals surface area contributed by atoms with Gasteiger partial charge in [0.2, 0.25) is 5.95 Å². The summed E-state index contributed by atoms with van der Waals surface area (Å²) in [4.78, 5) is 4.25. The van der Waals surface area contributed by atoms with Crippen LogP contribution in [0.15, 0.2) is 18.9 Å². The summed E-state index contributed by atoms with van der Waals surface area (Å²) >= 11 is 0. The molecule has 2 N–H and O–H groups in total. The van der Waals surface area contributed by atoms with Gasteiger partial charge in [-0.3, -0.25) is 0 Å². The van der Waals surface area contributed by atoms with Crippen LogP contribution in [0.2, 0.25) is 0 Å². The summed E-state index contributed by atoms with van der Waals surface area (Å²) < 4.78 is 0. The van der Waals surface area contributed by atoms with Gasteiger partial charge in [-0.15, -0.1) is 11.7 Å². The highest BCUT2D eigenvalue weighted by Crippen LogP contribution is 2.10. The highest BCUT2D eigenvalue weighted by atomic mass is 15.3. The van der Waals surface area contributed by atoms with Crippen molar-refractivity contribution in [2.75, 3.05) is 17.2 Å². The van der Waals surface area contributed by atoms with Crippen molar-refractivity contribution < 1.29 is 0 Å². The third kappa shape index (κ3) is 4.39. The van der Waals surface area contributed by atoms with Crippen molar-refractivity contribution in [1.29, 1.82) is 0 Å². The predicted molar refractivity (Wildman–Crippen MR) is 61.9 cm³/mol. The molecular formula is C10H17N5. The summed E-state index contributed by atoms with van der Waals surface area (Å²) in [5, 5.41) is 13.9. The van der Waals surface area contributed by atoms with E-state index >= 15 is 0 Å². The summed E-state index contributed by atoms with van der Waals surface area (Å²) in [5.74, 6) is 1.22. The van der Waals surface area contributed by atoms with Crippen molar-refractivity contribution in [3.63, 3.8) is 0 Å². The molecule has 0 radical (unpaired) electrons. The zero-order valence-electron chi connectivity index (χ0n) is 9.41. The van der Waals surface area contributed by atoms with Crippen LogP contribution in [0.5, 0.6) is 0 Å². The Morgan fingerprint density at radius 2 is 2.20 bits per heavy atom. The van der Waals surface area contributed by atoms with E-state index in [9.17, 15) is 0 Å². The molecular weight excluding hydrogens is 190 g/mol. The average molecular weight is 207 g/mol. The first-order valence-electron chi connectivity index (χ1n) is 4.84. The van der Waals surface area contributed by atoms with Gasteiger partial charge >= 0.3 is 0 Å². The Labute approximate surface area is 90.0 Å². The molecule has 0 amide bonds. The van der Waals surface area contributed by atoms with Gasteiger partial charge in [-0.25, -0.2) is 0 Å². The lowest BCUT2D eigenvalue weighted by molar-refractivity contribution is 0.623. The molecule has 0 fully saturated rings. The van der Waals surface area contributed by atoms with Crippen LogP contribution in [0.3, 0.4) is 0 Å². The smallest absolute Gasteiger partial charge is 0.245 e. The van der Waals surface area contributed by atoms with Gasteiger partial charge in [-0.2, -0.15) is 10.1 Å². The van der Waals surface area contributed by atoms with Gasteiger partial charge in [0.05, 0.1) is 6.20 Å².